The highest BCUT2D eigenvalue weighted by atomic mass is 16.5. The summed E-state index contributed by atoms with van der Waals surface area (Å²) in [5.74, 6) is 0.971. The lowest BCUT2D eigenvalue weighted by Gasteiger charge is -1.95. The second-order valence-corrected chi connectivity index (χ2v) is 3.23. The standard InChI is InChI=1S/C10H16N2O3/c1-3-5-14-7-9-11-10(15-12-9)6-8(13)4-2/h3-7H2,1-2H3. The zero-order valence-corrected chi connectivity index (χ0v) is 9.15. The second kappa shape index (κ2) is 6.29. The van der Waals surface area contributed by atoms with E-state index in [1.807, 2.05) is 13.8 Å². The molecule has 1 rings (SSSR count). The van der Waals surface area contributed by atoms with Crippen molar-refractivity contribution in [2.45, 2.75) is 39.7 Å². The number of carbonyl (C=O) groups is 1. The Kier molecular flexibility index (Phi) is 4.97. The molecule has 0 aromatic carbocycles. The quantitative estimate of drug-likeness (QED) is 0.641. The van der Waals surface area contributed by atoms with Crippen molar-refractivity contribution in [3.05, 3.63) is 11.7 Å². The van der Waals surface area contributed by atoms with Crippen molar-refractivity contribution in [2.24, 2.45) is 0 Å². The highest BCUT2D eigenvalue weighted by molar-refractivity contribution is 5.79. The van der Waals surface area contributed by atoms with Crippen LogP contribution < -0.4 is 0 Å². The molecule has 0 fully saturated rings. The van der Waals surface area contributed by atoms with E-state index in [0.29, 0.717) is 31.3 Å². The van der Waals surface area contributed by atoms with E-state index in [9.17, 15) is 4.79 Å². The first-order valence-electron chi connectivity index (χ1n) is 5.17. The van der Waals surface area contributed by atoms with Gasteiger partial charge in [-0.3, -0.25) is 4.79 Å². The molecular formula is C10H16N2O3. The normalized spacial score (nSPS) is 10.5. The number of hydrogen-bond acceptors (Lipinski definition) is 5. The summed E-state index contributed by atoms with van der Waals surface area (Å²) in [6.07, 6.45) is 1.67. The van der Waals surface area contributed by atoms with Crippen LogP contribution in [0.4, 0.5) is 0 Å². The first kappa shape index (κ1) is 11.8. The summed E-state index contributed by atoms with van der Waals surface area (Å²) >= 11 is 0. The average molecular weight is 212 g/mol. The maximum absolute atomic E-state index is 11.1. The largest absolute Gasteiger partial charge is 0.373 e. The first-order chi connectivity index (χ1) is 7.26. The fraction of sp³-hybridized carbons (Fsp3) is 0.700. The Morgan fingerprint density at radius 1 is 1.47 bits per heavy atom. The van der Waals surface area contributed by atoms with Gasteiger partial charge in [0.2, 0.25) is 5.89 Å². The van der Waals surface area contributed by atoms with Crippen molar-refractivity contribution >= 4 is 5.78 Å². The Morgan fingerprint density at radius 2 is 2.27 bits per heavy atom. The lowest BCUT2D eigenvalue weighted by molar-refractivity contribution is -0.118. The van der Waals surface area contributed by atoms with E-state index in [4.69, 9.17) is 9.26 Å². The highest BCUT2D eigenvalue weighted by Gasteiger charge is 2.09. The summed E-state index contributed by atoms with van der Waals surface area (Å²) < 4.78 is 10.1. The van der Waals surface area contributed by atoms with Crippen LogP contribution in [-0.4, -0.2) is 22.5 Å². The molecular weight excluding hydrogens is 196 g/mol. The Bertz CT molecular complexity index is 309. The Hall–Kier alpha value is -1.23. The molecule has 5 nitrogen and oxygen atoms in total. The predicted octanol–water partition coefficient (Wildman–Crippen LogP) is 1.52. The Balaban J connectivity index is 2.38. The van der Waals surface area contributed by atoms with Crippen LogP contribution in [0.2, 0.25) is 0 Å². The topological polar surface area (TPSA) is 65.2 Å². The molecule has 0 spiro atoms. The number of rotatable bonds is 7. The molecule has 0 atom stereocenters. The molecule has 84 valence electrons. The van der Waals surface area contributed by atoms with Crippen LogP contribution >= 0.6 is 0 Å². The number of hydrogen-bond donors (Lipinski definition) is 0. The fourth-order valence-corrected chi connectivity index (χ4v) is 1.02. The van der Waals surface area contributed by atoms with Crippen LogP contribution in [0.25, 0.3) is 0 Å². The first-order valence-corrected chi connectivity index (χ1v) is 5.17. The van der Waals surface area contributed by atoms with Gasteiger partial charge in [-0.1, -0.05) is 19.0 Å². The molecule has 0 aliphatic heterocycles. The number of aromatic nitrogens is 2. The minimum absolute atomic E-state index is 0.0969. The van der Waals surface area contributed by atoms with E-state index < -0.39 is 0 Å². The third-order valence-corrected chi connectivity index (χ3v) is 1.83. The Morgan fingerprint density at radius 3 is 2.93 bits per heavy atom. The zero-order chi connectivity index (χ0) is 11.1. The molecule has 1 aromatic heterocycles. The number of nitrogens with zero attached hydrogens (tertiary/aromatic N) is 2. The van der Waals surface area contributed by atoms with Crippen LogP contribution in [0.15, 0.2) is 4.52 Å². The molecule has 1 heterocycles. The van der Waals surface area contributed by atoms with Gasteiger partial charge in [-0.05, 0) is 6.42 Å². The summed E-state index contributed by atoms with van der Waals surface area (Å²) in [5.41, 5.74) is 0. The zero-order valence-electron chi connectivity index (χ0n) is 9.15. The van der Waals surface area contributed by atoms with Crippen LogP contribution in [0, 0.1) is 0 Å². The van der Waals surface area contributed by atoms with Crippen molar-refractivity contribution in [3.63, 3.8) is 0 Å². The Labute approximate surface area is 88.8 Å². The van der Waals surface area contributed by atoms with Gasteiger partial charge in [0.1, 0.15) is 12.4 Å². The molecule has 5 heteroatoms. The summed E-state index contributed by atoms with van der Waals surface area (Å²) in [7, 11) is 0. The van der Waals surface area contributed by atoms with Gasteiger partial charge in [0, 0.05) is 13.0 Å². The molecule has 0 amide bonds. The molecule has 0 N–H and O–H groups in total. The molecule has 1 aromatic rings. The van der Waals surface area contributed by atoms with Crippen LogP contribution in [0.5, 0.6) is 0 Å². The summed E-state index contributed by atoms with van der Waals surface area (Å²) in [6, 6.07) is 0. The molecule has 0 saturated heterocycles. The molecule has 15 heavy (non-hydrogen) atoms. The van der Waals surface area contributed by atoms with Gasteiger partial charge in [0.25, 0.3) is 0 Å². The number of ketones is 1. The number of carbonyl (C=O) groups excluding carboxylic acids is 1. The smallest absolute Gasteiger partial charge is 0.234 e. The molecule has 0 saturated carbocycles. The van der Waals surface area contributed by atoms with E-state index in [1.165, 1.54) is 0 Å². The van der Waals surface area contributed by atoms with Gasteiger partial charge in [-0.15, -0.1) is 0 Å². The van der Waals surface area contributed by atoms with E-state index in [2.05, 4.69) is 10.1 Å². The van der Waals surface area contributed by atoms with Crippen molar-refractivity contribution in [1.29, 1.82) is 0 Å². The molecule has 0 aliphatic carbocycles. The molecule has 0 unspecified atom stereocenters. The number of ether oxygens (including phenoxy) is 1. The van der Waals surface area contributed by atoms with Crippen LogP contribution in [-0.2, 0) is 22.6 Å². The minimum Gasteiger partial charge on any atom is -0.373 e. The van der Waals surface area contributed by atoms with Gasteiger partial charge in [0.05, 0.1) is 6.42 Å². The molecule has 0 radical (unpaired) electrons. The lowest BCUT2D eigenvalue weighted by atomic mass is 10.2. The SMILES string of the molecule is CCCOCc1noc(CC(=O)CC)n1. The molecule has 0 bridgehead atoms. The van der Waals surface area contributed by atoms with E-state index in [1.54, 1.807) is 0 Å². The van der Waals surface area contributed by atoms with Crippen molar-refractivity contribution in [3.8, 4) is 0 Å². The number of Topliss-reactive ketones (excluding diaryl/α,β-unsaturated/α-hetero) is 1. The average Bonchev–Trinajstić information content (AvgIpc) is 2.66. The van der Waals surface area contributed by atoms with Crippen molar-refractivity contribution in [2.75, 3.05) is 6.61 Å². The minimum atomic E-state index is 0.0969. The predicted molar refractivity (Wildman–Crippen MR) is 53.2 cm³/mol. The van der Waals surface area contributed by atoms with Gasteiger partial charge in [-0.2, -0.15) is 4.98 Å². The van der Waals surface area contributed by atoms with Crippen molar-refractivity contribution < 1.29 is 14.1 Å². The van der Waals surface area contributed by atoms with Gasteiger partial charge in [0.15, 0.2) is 5.82 Å². The summed E-state index contributed by atoms with van der Waals surface area (Å²) in [5, 5.41) is 3.71. The third-order valence-electron chi connectivity index (χ3n) is 1.83. The fourth-order valence-electron chi connectivity index (χ4n) is 1.02. The van der Waals surface area contributed by atoms with Gasteiger partial charge < -0.3 is 9.26 Å². The molecule has 0 aliphatic rings. The van der Waals surface area contributed by atoms with E-state index >= 15 is 0 Å². The van der Waals surface area contributed by atoms with Gasteiger partial charge >= 0.3 is 0 Å². The van der Waals surface area contributed by atoms with E-state index in [-0.39, 0.29) is 12.2 Å². The second-order valence-electron chi connectivity index (χ2n) is 3.23. The monoisotopic (exact) mass is 212 g/mol. The van der Waals surface area contributed by atoms with Gasteiger partial charge in [-0.25, -0.2) is 0 Å². The maximum atomic E-state index is 11.1. The van der Waals surface area contributed by atoms with Crippen molar-refractivity contribution in [1.82, 2.24) is 10.1 Å². The van der Waals surface area contributed by atoms with E-state index in [0.717, 1.165) is 6.42 Å². The summed E-state index contributed by atoms with van der Waals surface area (Å²) in [4.78, 5) is 15.1. The van der Waals surface area contributed by atoms with Crippen LogP contribution in [0.3, 0.4) is 0 Å². The highest BCUT2D eigenvalue weighted by Crippen LogP contribution is 2.02. The van der Waals surface area contributed by atoms with Crippen LogP contribution in [0.1, 0.15) is 38.4 Å². The summed E-state index contributed by atoms with van der Waals surface area (Å²) in [6.45, 7) is 4.86. The third kappa shape index (κ3) is 4.20. The maximum Gasteiger partial charge on any atom is 0.234 e. The lowest BCUT2D eigenvalue weighted by Crippen LogP contribution is -2.01.